The minimum Gasteiger partial charge on any atom is -0.393 e. The Morgan fingerprint density at radius 3 is 2.43 bits per heavy atom. The summed E-state index contributed by atoms with van der Waals surface area (Å²) in [6, 6.07) is 0. The molecule has 2 heteroatoms. The van der Waals surface area contributed by atoms with Crippen LogP contribution in [-0.4, -0.2) is 23.9 Å². The molecule has 1 fully saturated rings. The van der Waals surface area contributed by atoms with E-state index < -0.39 is 0 Å². The fourth-order valence-electron chi connectivity index (χ4n) is 1.99. The van der Waals surface area contributed by atoms with E-state index in [1.54, 1.807) is 0 Å². The van der Waals surface area contributed by atoms with Gasteiger partial charge in [-0.25, -0.2) is 0 Å². The number of hydrogen-bond donors (Lipinski definition) is 1. The van der Waals surface area contributed by atoms with Gasteiger partial charge >= 0.3 is 0 Å². The third kappa shape index (κ3) is 4.97. The van der Waals surface area contributed by atoms with E-state index in [9.17, 15) is 5.11 Å². The highest BCUT2D eigenvalue weighted by atomic mass is 16.5. The lowest BCUT2D eigenvalue weighted by Gasteiger charge is -2.25. The smallest absolute Gasteiger partial charge is 0.0577 e. The summed E-state index contributed by atoms with van der Waals surface area (Å²) < 4.78 is 5.77. The third-order valence-corrected chi connectivity index (χ3v) is 3.00. The number of hydrogen-bond acceptors (Lipinski definition) is 2. The molecule has 1 rings (SSSR count). The molecule has 0 saturated heterocycles. The summed E-state index contributed by atoms with van der Waals surface area (Å²) in [4.78, 5) is 0. The molecule has 1 aliphatic rings. The lowest BCUT2D eigenvalue weighted by atomic mass is 9.95. The summed E-state index contributed by atoms with van der Waals surface area (Å²) in [6.45, 7) is 3.14. The third-order valence-electron chi connectivity index (χ3n) is 3.00. The van der Waals surface area contributed by atoms with E-state index in [0.717, 1.165) is 32.3 Å². The molecule has 0 bridgehead atoms. The zero-order valence-corrected chi connectivity index (χ0v) is 9.37. The first-order valence-corrected chi connectivity index (χ1v) is 6.12. The number of aliphatic hydroxyl groups excluding tert-OH is 1. The summed E-state index contributed by atoms with van der Waals surface area (Å²) in [6.07, 6.45) is 9.44. The van der Waals surface area contributed by atoms with Gasteiger partial charge in [-0.05, 0) is 32.1 Å². The van der Waals surface area contributed by atoms with Gasteiger partial charge in [0.25, 0.3) is 0 Å². The van der Waals surface area contributed by atoms with Crippen LogP contribution >= 0.6 is 0 Å². The maximum Gasteiger partial charge on any atom is 0.0577 e. The van der Waals surface area contributed by atoms with Gasteiger partial charge in [-0.15, -0.1) is 0 Å². The van der Waals surface area contributed by atoms with Crippen LogP contribution in [0.3, 0.4) is 0 Å². The Hall–Kier alpha value is -0.0800. The van der Waals surface area contributed by atoms with Crippen LogP contribution in [0.1, 0.15) is 58.3 Å². The number of unbranched alkanes of at least 4 members (excludes halogenated alkanes) is 3. The van der Waals surface area contributed by atoms with Gasteiger partial charge in [0, 0.05) is 6.61 Å². The molecule has 0 unspecified atom stereocenters. The predicted molar refractivity (Wildman–Crippen MR) is 58.4 cm³/mol. The summed E-state index contributed by atoms with van der Waals surface area (Å²) in [5, 5.41) is 9.31. The standard InChI is InChI=1S/C12H24O2/c1-2-3-4-5-10-14-12-8-6-11(13)7-9-12/h11-13H,2-10H2,1H3. The molecule has 0 aliphatic heterocycles. The zero-order chi connectivity index (χ0) is 10.2. The molecule has 0 heterocycles. The van der Waals surface area contributed by atoms with E-state index in [4.69, 9.17) is 4.74 Å². The quantitative estimate of drug-likeness (QED) is 0.668. The van der Waals surface area contributed by atoms with Crippen molar-refractivity contribution < 1.29 is 9.84 Å². The molecule has 1 aliphatic carbocycles. The van der Waals surface area contributed by atoms with Crippen molar-refractivity contribution in [1.29, 1.82) is 0 Å². The van der Waals surface area contributed by atoms with Crippen molar-refractivity contribution in [3.05, 3.63) is 0 Å². The van der Waals surface area contributed by atoms with Crippen LogP contribution in [0.5, 0.6) is 0 Å². The van der Waals surface area contributed by atoms with Crippen LogP contribution in [0.25, 0.3) is 0 Å². The van der Waals surface area contributed by atoms with Crippen LogP contribution in [0, 0.1) is 0 Å². The van der Waals surface area contributed by atoms with E-state index in [1.165, 1.54) is 25.7 Å². The first kappa shape index (κ1) is 12.0. The van der Waals surface area contributed by atoms with Crippen molar-refractivity contribution in [2.75, 3.05) is 6.61 Å². The van der Waals surface area contributed by atoms with Crippen molar-refractivity contribution in [3.8, 4) is 0 Å². The Balaban J connectivity index is 1.91. The van der Waals surface area contributed by atoms with E-state index in [-0.39, 0.29) is 6.10 Å². The monoisotopic (exact) mass is 200 g/mol. The van der Waals surface area contributed by atoms with Gasteiger partial charge < -0.3 is 9.84 Å². The van der Waals surface area contributed by atoms with Crippen LogP contribution < -0.4 is 0 Å². The summed E-state index contributed by atoms with van der Waals surface area (Å²) in [5.41, 5.74) is 0. The van der Waals surface area contributed by atoms with Gasteiger partial charge in [0.15, 0.2) is 0 Å². The fourth-order valence-corrected chi connectivity index (χ4v) is 1.99. The fraction of sp³-hybridized carbons (Fsp3) is 1.00. The molecule has 14 heavy (non-hydrogen) atoms. The second-order valence-electron chi connectivity index (χ2n) is 4.36. The minimum atomic E-state index is -0.0602. The molecular formula is C12H24O2. The first-order valence-electron chi connectivity index (χ1n) is 6.12. The largest absolute Gasteiger partial charge is 0.393 e. The lowest BCUT2D eigenvalue weighted by Crippen LogP contribution is -2.24. The number of rotatable bonds is 6. The van der Waals surface area contributed by atoms with E-state index in [1.807, 2.05) is 0 Å². The molecule has 0 aromatic heterocycles. The molecule has 0 amide bonds. The van der Waals surface area contributed by atoms with Crippen LogP contribution in [0.15, 0.2) is 0 Å². The van der Waals surface area contributed by atoms with Gasteiger partial charge in [0.2, 0.25) is 0 Å². The Morgan fingerprint density at radius 2 is 1.79 bits per heavy atom. The molecule has 0 spiro atoms. The summed E-state index contributed by atoms with van der Waals surface area (Å²) in [7, 11) is 0. The Bertz CT molecular complexity index is 128. The van der Waals surface area contributed by atoms with Crippen molar-refractivity contribution in [1.82, 2.24) is 0 Å². The molecule has 0 aromatic rings. The second kappa shape index (κ2) is 7.24. The molecule has 2 nitrogen and oxygen atoms in total. The highest BCUT2D eigenvalue weighted by Crippen LogP contribution is 2.21. The highest BCUT2D eigenvalue weighted by molar-refractivity contribution is 4.71. The average molecular weight is 200 g/mol. The SMILES string of the molecule is CCCCCCOC1CCC(O)CC1. The topological polar surface area (TPSA) is 29.5 Å². The molecule has 1 N–H and O–H groups in total. The normalized spacial score (nSPS) is 27.9. The van der Waals surface area contributed by atoms with E-state index in [2.05, 4.69) is 6.92 Å². The first-order chi connectivity index (χ1) is 6.83. The average Bonchev–Trinajstić information content (AvgIpc) is 2.21. The van der Waals surface area contributed by atoms with Gasteiger partial charge in [0.05, 0.1) is 12.2 Å². The Kier molecular flexibility index (Phi) is 6.20. The molecule has 0 atom stereocenters. The van der Waals surface area contributed by atoms with Gasteiger partial charge in [-0.3, -0.25) is 0 Å². The molecule has 1 saturated carbocycles. The van der Waals surface area contributed by atoms with Crippen molar-refractivity contribution >= 4 is 0 Å². The summed E-state index contributed by atoms with van der Waals surface area (Å²) >= 11 is 0. The molecule has 0 radical (unpaired) electrons. The minimum absolute atomic E-state index is 0.0602. The van der Waals surface area contributed by atoms with Gasteiger partial charge in [-0.2, -0.15) is 0 Å². The maximum atomic E-state index is 9.31. The van der Waals surface area contributed by atoms with Crippen molar-refractivity contribution in [2.45, 2.75) is 70.5 Å². The Morgan fingerprint density at radius 1 is 1.07 bits per heavy atom. The van der Waals surface area contributed by atoms with Crippen LogP contribution in [0.2, 0.25) is 0 Å². The van der Waals surface area contributed by atoms with E-state index in [0.29, 0.717) is 6.10 Å². The highest BCUT2D eigenvalue weighted by Gasteiger charge is 2.19. The van der Waals surface area contributed by atoms with Gasteiger partial charge in [-0.1, -0.05) is 26.2 Å². The molecule has 84 valence electrons. The van der Waals surface area contributed by atoms with Crippen LogP contribution in [0.4, 0.5) is 0 Å². The van der Waals surface area contributed by atoms with Gasteiger partial charge in [0.1, 0.15) is 0 Å². The number of aliphatic hydroxyl groups is 1. The zero-order valence-electron chi connectivity index (χ0n) is 9.37. The van der Waals surface area contributed by atoms with Crippen LogP contribution in [-0.2, 0) is 4.74 Å². The van der Waals surface area contributed by atoms with E-state index >= 15 is 0 Å². The molecule has 0 aromatic carbocycles. The second-order valence-corrected chi connectivity index (χ2v) is 4.36. The predicted octanol–water partition coefficient (Wildman–Crippen LogP) is 2.89. The lowest BCUT2D eigenvalue weighted by molar-refractivity contribution is -0.00444. The maximum absolute atomic E-state index is 9.31. The molecular weight excluding hydrogens is 176 g/mol. The van der Waals surface area contributed by atoms with Crippen molar-refractivity contribution in [2.24, 2.45) is 0 Å². The Labute approximate surface area is 87.7 Å². The summed E-state index contributed by atoms with van der Waals surface area (Å²) in [5.74, 6) is 0. The number of ether oxygens (including phenoxy) is 1. The van der Waals surface area contributed by atoms with Crippen molar-refractivity contribution in [3.63, 3.8) is 0 Å².